The van der Waals surface area contributed by atoms with Crippen molar-refractivity contribution in [3.05, 3.63) is 41.4 Å². The molecule has 1 unspecified atom stereocenters. The lowest BCUT2D eigenvalue weighted by Gasteiger charge is -2.32. The van der Waals surface area contributed by atoms with Crippen LogP contribution in [0.25, 0.3) is 11.3 Å². The Balaban J connectivity index is 1.58. The summed E-state index contributed by atoms with van der Waals surface area (Å²) in [6, 6.07) is 11.8. The Morgan fingerprint density at radius 1 is 1.19 bits per heavy atom. The van der Waals surface area contributed by atoms with Gasteiger partial charge in [0.1, 0.15) is 0 Å². The summed E-state index contributed by atoms with van der Waals surface area (Å²) in [5.41, 5.74) is 1.82. The molecule has 1 aromatic carbocycles. The third-order valence-electron chi connectivity index (χ3n) is 4.98. The molecule has 26 heavy (non-hydrogen) atoms. The van der Waals surface area contributed by atoms with Crippen molar-refractivity contribution in [1.29, 1.82) is 0 Å². The molecule has 1 aliphatic heterocycles. The van der Waals surface area contributed by atoms with Gasteiger partial charge in [-0.1, -0.05) is 30.7 Å². The highest BCUT2D eigenvalue weighted by molar-refractivity contribution is 6.30. The van der Waals surface area contributed by atoms with Gasteiger partial charge in [-0.15, -0.1) is 10.2 Å². The van der Waals surface area contributed by atoms with E-state index in [1.807, 2.05) is 43.3 Å². The van der Waals surface area contributed by atoms with Crippen LogP contribution in [0.3, 0.4) is 0 Å². The molecular weight excluding hydrogens is 348 g/mol. The number of piperidine rings is 1. The molecule has 1 amide bonds. The Morgan fingerprint density at radius 2 is 1.88 bits per heavy atom. The number of amides is 1. The fourth-order valence-electron chi connectivity index (χ4n) is 3.10. The highest BCUT2D eigenvalue weighted by Gasteiger charge is 2.26. The monoisotopic (exact) mass is 372 g/mol. The molecule has 0 spiro atoms. The number of halogens is 1. The SMILES string of the molecule is CCC(C)NC(=O)C1CCN(c2ccc(-c3ccc(Cl)cc3)nn2)CC1. The van der Waals surface area contributed by atoms with E-state index in [0.717, 1.165) is 49.4 Å². The van der Waals surface area contributed by atoms with Crippen LogP contribution in [0, 0.1) is 5.92 Å². The molecular formula is C20H25ClN4O. The van der Waals surface area contributed by atoms with Gasteiger partial charge in [0.25, 0.3) is 0 Å². The van der Waals surface area contributed by atoms with Gasteiger partial charge in [-0.3, -0.25) is 4.79 Å². The van der Waals surface area contributed by atoms with Crippen LogP contribution in [-0.2, 0) is 4.79 Å². The molecule has 0 bridgehead atoms. The molecule has 1 aliphatic rings. The third kappa shape index (κ3) is 4.52. The number of carbonyl (C=O) groups is 1. The summed E-state index contributed by atoms with van der Waals surface area (Å²) in [4.78, 5) is 14.5. The molecule has 0 radical (unpaired) electrons. The topological polar surface area (TPSA) is 58.1 Å². The molecule has 1 saturated heterocycles. The molecule has 138 valence electrons. The summed E-state index contributed by atoms with van der Waals surface area (Å²) in [6.45, 7) is 5.78. The second kappa shape index (κ2) is 8.49. The number of nitrogens with zero attached hydrogens (tertiary/aromatic N) is 3. The Kier molecular flexibility index (Phi) is 6.09. The summed E-state index contributed by atoms with van der Waals surface area (Å²) >= 11 is 5.92. The van der Waals surface area contributed by atoms with Gasteiger partial charge in [-0.25, -0.2) is 0 Å². The van der Waals surface area contributed by atoms with Gasteiger partial charge in [0.2, 0.25) is 5.91 Å². The summed E-state index contributed by atoms with van der Waals surface area (Å²) in [5.74, 6) is 1.15. The van der Waals surface area contributed by atoms with Gasteiger partial charge in [0.05, 0.1) is 5.69 Å². The van der Waals surface area contributed by atoms with Crippen LogP contribution < -0.4 is 10.2 Å². The van der Waals surface area contributed by atoms with Crippen molar-refractivity contribution < 1.29 is 4.79 Å². The zero-order chi connectivity index (χ0) is 18.5. The maximum atomic E-state index is 12.3. The lowest BCUT2D eigenvalue weighted by atomic mass is 9.95. The van der Waals surface area contributed by atoms with Crippen molar-refractivity contribution in [1.82, 2.24) is 15.5 Å². The summed E-state index contributed by atoms with van der Waals surface area (Å²) in [5, 5.41) is 12.5. The zero-order valence-electron chi connectivity index (χ0n) is 15.3. The fraction of sp³-hybridized carbons (Fsp3) is 0.450. The summed E-state index contributed by atoms with van der Waals surface area (Å²) in [6.07, 6.45) is 2.66. The molecule has 1 aromatic heterocycles. The van der Waals surface area contributed by atoms with Crippen molar-refractivity contribution in [2.24, 2.45) is 5.92 Å². The Hall–Kier alpha value is -2.14. The smallest absolute Gasteiger partial charge is 0.223 e. The number of rotatable bonds is 5. The number of hydrogen-bond donors (Lipinski definition) is 1. The van der Waals surface area contributed by atoms with Gasteiger partial charge in [0.15, 0.2) is 5.82 Å². The molecule has 6 heteroatoms. The van der Waals surface area contributed by atoms with Gasteiger partial charge < -0.3 is 10.2 Å². The maximum absolute atomic E-state index is 12.3. The van der Waals surface area contributed by atoms with E-state index >= 15 is 0 Å². The van der Waals surface area contributed by atoms with E-state index in [2.05, 4.69) is 27.3 Å². The van der Waals surface area contributed by atoms with Crippen LogP contribution >= 0.6 is 11.6 Å². The second-order valence-corrected chi connectivity index (χ2v) is 7.30. The van der Waals surface area contributed by atoms with E-state index in [4.69, 9.17) is 11.6 Å². The molecule has 3 rings (SSSR count). The van der Waals surface area contributed by atoms with E-state index in [-0.39, 0.29) is 17.9 Å². The van der Waals surface area contributed by atoms with Gasteiger partial charge in [-0.2, -0.15) is 0 Å². The van der Waals surface area contributed by atoms with Crippen molar-refractivity contribution in [2.45, 2.75) is 39.2 Å². The molecule has 0 aliphatic carbocycles. The minimum absolute atomic E-state index is 0.0987. The lowest BCUT2D eigenvalue weighted by Crippen LogP contribution is -2.43. The summed E-state index contributed by atoms with van der Waals surface area (Å²) < 4.78 is 0. The van der Waals surface area contributed by atoms with E-state index in [9.17, 15) is 4.79 Å². The molecule has 2 aromatic rings. The number of hydrogen-bond acceptors (Lipinski definition) is 4. The number of anilines is 1. The largest absolute Gasteiger partial charge is 0.355 e. The zero-order valence-corrected chi connectivity index (χ0v) is 16.0. The Bertz CT molecular complexity index is 724. The normalized spacial score (nSPS) is 16.3. The van der Waals surface area contributed by atoms with Crippen LogP contribution in [0.5, 0.6) is 0 Å². The highest BCUT2D eigenvalue weighted by atomic mass is 35.5. The van der Waals surface area contributed by atoms with Gasteiger partial charge >= 0.3 is 0 Å². The Morgan fingerprint density at radius 3 is 2.46 bits per heavy atom. The Labute approximate surface area is 159 Å². The first-order valence-electron chi connectivity index (χ1n) is 9.21. The predicted molar refractivity (Wildman–Crippen MR) is 105 cm³/mol. The first-order chi connectivity index (χ1) is 12.6. The van der Waals surface area contributed by atoms with Gasteiger partial charge in [-0.05, 0) is 50.5 Å². The average Bonchev–Trinajstić information content (AvgIpc) is 2.68. The molecule has 1 N–H and O–H groups in total. The quantitative estimate of drug-likeness (QED) is 0.863. The summed E-state index contributed by atoms with van der Waals surface area (Å²) in [7, 11) is 0. The maximum Gasteiger partial charge on any atom is 0.223 e. The first-order valence-corrected chi connectivity index (χ1v) is 9.59. The minimum atomic E-state index is 0.0987. The van der Waals surface area contributed by atoms with E-state index in [1.165, 1.54) is 0 Å². The number of aromatic nitrogens is 2. The van der Waals surface area contributed by atoms with Crippen LogP contribution in [-0.4, -0.2) is 35.2 Å². The number of carbonyl (C=O) groups excluding carboxylic acids is 1. The van der Waals surface area contributed by atoms with Crippen molar-refractivity contribution in [2.75, 3.05) is 18.0 Å². The van der Waals surface area contributed by atoms with Crippen LogP contribution in [0.1, 0.15) is 33.1 Å². The third-order valence-corrected chi connectivity index (χ3v) is 5.23. The minimum Gasteiger partial charge on any atom is -0.355 e. The predicted octanol–water partition coefficient (Wildman–Crippen LogP) is 3.93. The van der Waals surface area contributed by atoms with Crippen molar-refractivity contribution in [3.8, 4) is 11.3 Å². The van der Waals surface area contributed by atoms with Crippen LogP contribution in [0.15, 0.2) is 36.4 Å². The number of benzene rings is 1. The molecule has 2 heterocycles. The first kappa shape index (κ1) is 18.6. The average molecular weight is 373 g/mol. The van der Waals surface area contributed by atoms with E-state index in [0.29, 0.717) is 5.02 Å². The molecule has 1 atom stereocenters. The lowest BCUT2D eigenvalue weighted by molar-refractivity contribution is -0.126. The number of nitrogens with one attached hydrogen (secondary N) is 1. The van der Waals surface area contributed by atoms with Crippen LogP contribution in [0.4, 0.5) is 5.82 Å². The van der Waals surface area contributed by atoms with E-state index in [1.54, 1.807) is 0 Å². The fourth-order valence-corrected chi connectivity index (χ4v) is 3.23. The molecule has 0 saturated carbocycles. The second-order valence-electron chi connectivity index (χ2n) is 6.86. The molecule has 5 nitrogen and oxygen atoms in total. The van der Waals surface area contributed by atoms with Crippen molar-refractivity contribution in [3.63, 3.8) is 0 Å². The van der Waals surface area contributed by atoms with E-state index < -0.39 is 0 Å². The molecule has 1 fully saturated rings. The van der Waals surface area contributed by atoms with Crippen LogP contribution in [0.2, 0.25) is 5.02 Å². The van der Waals surface area contributed by atoms with Gasteiger partial charge in [0, 0.05) is 35.6 Å². The highest BCUT2D eigenvalue weighted by Crippen LogP contribution is 2.24. The standard InChI is InChI=1S/C20H25ClN4O/c1-3-14(2)22-20(26)16-10-12-25(13-11-16)19-9-8-18(23-24-19)15-4-6-17(21)7-5-15/h4-9,14,16H,3,10-13H2,1-2H3,(H,22,26). The van der Waals surface area contributed by atoms with Crippen molar-refractivity contribution >= 4 is 23.3 Å².